The number of nitrogens with zero attached hydrogens (tertiary/aromatic N) is 1. The third-order valence-electron chi connectivity index (χ3n) is 3.28. The Morgan fingerprint density at radius 2 is 2.09 bits per heavy atom. The van der Waals surface area contributed by atoms with E-state index in [1.165, 1.54) is 17.3 Å². The summed E-state index contributed by atoms with van der Waals surface area (Å²) in [5.74, 6) is 0.609. The standard InChI is InChI=1S/C18H16N2O2S/c1-2-13-8-10-14(11-9-13)19-18-20-17(21)16(23-18)7-3-5-15-6-4-12-22-15/h3-12H,2H2,1H3,(H,19,20,21)/b5-3+,16-7+. The lowest BCUT2D eigenvalue weighted by molar-refractivity contribution is -0.115. The summed E-state index contributed by atoms with van der Waals surface area (Å²) in [4.78, 5) is 17.0. The van der Waals surface area contributed by atoms with E-state index in [0.717, 1.165) is 17.9 Å². The van der Waals surface area contributed by atoms with Gasteiger partial charge in [0.05, 0.1) is 16.9 Å². The lowest BCUT2D eigenvalue weighted by Crippen LogP contribution is -2.19. The van der Waals surface area contributed by atoms with Crippen LogP contribution in [0.2, 0.25) is 0 Å². The summed E-state index contributed by atoms with van der Waals surface area (Å²) >= 11 is 1.33. The maximum Gasteiger partial charge on any atom is 0.264 e. The number of nitrogens with one attached hydrogen (secondary N) is 1. The smallest absolute Gasteiger partial charge is 0.264 e. The van der Waals surface area contributed by atoms with Gasteiger partial charge in [0.25, 0.3) is 5.91 Å². The number of amides is 1. The molecule has 5 heteroatoms. The molecule has 0 radical (unpaired) electrons. The zero-order valence-electron chi connectivity index (χ0n) is 12.7. The molecule has 116 valence electrons. The van der Waals surface area contributed by atoms with Crippen molar-refractivity contribution >= 4 is 34.6 Å². The Morgan fingerprint density at radius 1 is 1.26 bits per heavy atom. The number of allylic oxidation sites excluding steroid dienone is 2. The molecular weight excluding hydrogens is 308 g/mol. The lowest BCUT2D eigenvalue weighted by atomic mass is 10.2. The summed E-state index contributed by atoms with van der Waals surface area (Å²) in [6, 6.07) is 11.7. The van der Waals surface area contributed by atoms with Crippen LogP contribution >= 0.6 is 11.8 Å². The number of aryl methyl sites for hydroxylation is 1. The van der Waals surface area contributed by atoms with E-state index in [1.807, 2.05) is 36.4 Å². The number of hydrogen-bond acceptors (Lipinski definition) is 4. The van der Waals surface area contributed by atoms with Crippen molar-refractivity contribution in [3.63, 3.8) is 0 Å². The minimum Gasteiger partial charge on any atom is -0.465 e. The van der Waals surface area contributed by atoms with Crippen LogP contribution in [-0.2, 0) is 11.2 Å². The van der Waals surface area contributed by atoms with Crippen molar-refractivity contribution in [2.45, 2.75) is 13.3 Å². The van der Waals surface area contributed by atoms with Crippen LogP contribution in [0.1, 0.15) is 18.2 Å². The topological polar surface area (TPSA) is 54.6 Å². The van der Waals surface area contributed by atoms with Crippen molar-refractivity contribution < 1.29 is 9.21 Å². The van der Waals surface area contributed by atoms with Gasteiger partial charge in [-0.25, -0.2) is 4.99 Å². The summed E-state index contributed by atoms with van der Waals surface area (Å²) in [7, 11) is 0. The van der Waals surface area contributed by atoms with E-state index in [4.69, 9.17) is 4.42 Å². The van der Waals surface area contributed by atoms with Gasteiger partial charge in [-0.2, -0.15) is 0 Å². The number of benzene rings is 1. The molecule has 1 aliphatic heterocycles. The van der Waals surface area contributed by atoms with Crippen molar-refractivity contribution in [1.82, 2.24) is 5.32 Å². The highest BCUT2D eigenvalue weighted by Crippen LogP contribution is 2.26. The van der Waals surface area contributed by atoms with Gasteiger partial charge in [-0.05, 0) is 60.2 Å². The molecule has 0 unspecified atom stereocenters. The molecule has 1 amide bonds. The van der Waals surface area contributed by atoms with Crippen molar-refractivity contribution in [2.75, 3.05) is 0 Å². The van der Waals surface area contributed by atoms with Crippen molar-refractivity contribution in [1.29, 1.82) is 0 Å². The van der Waals surface area contributed by atoms with Crippen LogP contribution in [0.5, 0.6) is 0 Å². The fraction of sp³-hybridized carbons (Fsp3) is 0.111. The van der Waals surface area contributed by atoms with Gasteiger partial charge in [0.1, 0.15) is 5.76 Å². The first-order chi connectivity index (χ1) is 11.2. The zero-order valence-corrected chi connectivity index (χ0v) is 13.5. The molecule has 4 nitrogen and oxygen atoms in total. The van der Waals surface area contributed by atoms with E-state index < -0.39 is 0 Å². The quantitative estimate of drug-likeness (QED) is 0.854. The van der Waals surface area contributed by atoms with E-state index in [-0.39, 0.29) is 5.91 Å². The van der Waals surface area contributed by atoms with Crippen molar-refractivity contribution in [3.8, 4) is 0 Å². The molecule has 0 atom stereocenters. The van der Waals surface area contributed by atoms with Crippen LogP contribution in [-0.4, -0.2) is 11.1 Å². The number of furan rings is 1. The Balaban J connectivity index is 1.69. The van der Waals surface area contributed by atoms with E-state index >= 15 is 0 Å². The molecule has 1 aromatic heterocycles. The Morgan fingerprint density at radius 3 is 2.78 bits per heavy atom. The zero-order chi connectivity index (χ0) is 16.1. The Hall–Kier alpha value is -2.53. The summed E-state index contributed by atoms with van der Waals surface area (Å²) in [5, 5.41) is 3.37. The Bertz CT molecular complexity index is 772. The highest BCUT2D eigenvalue weighted by molar-refractivity contribution is 8.18. The van der Waals surface area contributed by atoms with E-state index in [0.29, 0.717) is 10.1 Å². The van der Waals surface area contributed by atoms with Crippen LogP contribution in [0.25, 0.3) is 6.08 Å². The summed E-state index contributed by atoms with van der Waals surface area (Å²) in [6.07, 6.45) is 7.96. The number of rotatable bonds is 4. The second-order valence-electron chi connectivity index (χ2n) is 4.90. The molecule has 0 aliphatic carbocycles. The fourth-order valence-corrected chi connectivity index (χ4v) is 2.83. The summed E-state index contributed by atoms with van der Waals surface area (Å²) in [5.41, 5.74) is 2.10. The molecule has 3 rings (SSSR count). The average Bonchev–Trinajstić information content (AvgIpc) is 3.19. The number of carbonyl (C=O) groups is 1. The predicted molar refractivity (Wildman–Crippen MR) is 94.5 cm³/mol. The van der Waals surface area contributed by atoms with Gasteiger partial charge in [0.15, 0.2) is 5.17 Å². The fourth-order valence-electron chi connectivity index (χ4n) is 2.04. The number of amidine groups is 1. The first-order valence-electron chi connectivity index (χ1n) is 7.33. The van der Waals surface area contributed by atoms with Crippen LogP contribution in [0.3, 0.4) is 0 Å². The van der Waals surface area contributed by atoms with Crippen molar-refractivity contribution in [3.05, 3.63) is 71.0 Å². The minimum absolute atomic E-state index is 0.136. The molecule has 0 saturated carbocycles. The van der Waals surface area contributed by atoms with Gasteiger partial charge in [0, 0.05) is 0 Å². The molecule has 23 heavy (non-hydrogen) atoms. The van der Waals surface area contributed by atoms with Gasteiger partial charge in [0.2, 0.25) is 0 Å². The van der Waals surface area contributed by atoms with Gasteiger partial charge in [-0.1, -0.05) is 25.1 Å². The van der Waals surface area contributed by atoms with Crippen LogP contribution in [0.15, 0.2) is 69.1 Å². The molecule has 1 aromatic carbocycles. The molecule has 1 saturated heterocycles. The number of hydrogen-bond donors (Lipinski definition) is 1. The maximum atomic E-state index is 11.9. The van der Waals surface area contributed by atoms with Gasteiger partial charge < -0.3 is 9.73 Å². The normalized spacial score (nSPS) is 18.2. The third-order valence-corrected chi connectivity index (χ3v) is 4.21. The Kier molecular flexibility index (Phi) is 4.78. The molecule has 2 heterocycles. The minimum atomic E-state index is -0.136. The van der Waals surface area contributed by atoms with Gasteiger partial charge in [-0.3, -0.25) is 4.79 Å². The Labute approximate surface area is 139 Å². The highest BCUT2D eigenvalue weighted by Gasteiger charge is 2.22. The molecule has 0 spiro atoms. The molecular formula is C18H16N2O2S. The SMILES string of the molecule is CCc1ccc(N=C2NC(=O)/C(=C\C=C\c3ccco3)S2)cc1. The van der Waals surface area contributed by atoms with Gasteiger partial charge >= 0.3 is 0 Å². The first-order valence-corrected chi connectivity index (χ1v) is 8.15. The van der Waals surface area contributed by atoms with Crippen molar-refractivity contribution in [2.24, 2.45) is 4.99 Å². The number of thioether (sulfide) groups is 1. The number of carbonyl (C=O) groups excluding carboxylic acids is 1. The molecule has 1 fully saturated rings. The summed E-state index contributed by atoms with van der Waals surface area (Å²) < 4.78 is 5.20. The van der Waals surface area contributed by atoms with Crippen LogP contribution in [0.4, 0.5) is 5.69 Å². The van der Waals surface area contributed by atoms with Gasteiger partial charge in [-0.15, -0.1) is 0 Å². The average molecular weight is 324 g/mol. The monoisotopic (exact) mass is 324 g/mol. The second-order valence-corrected chi connectivity index (χ2v) is 5.93. The number of aliphatic imine (C=N–C) groups is 1. The molecule has 2 aromatic rings. The summed E-state index contributed by atoms with van der Waals surface area (Å²) in [6.45, 7) is 2.11. The molecule has 1 aliphatic rings. The predicted octanol–water partition coefficient (Wildman–Crippen LogP) is 4.29. The lowest BCUT2D eigenvalue weighted by Gasteiger charge is -1.98. The highest BCUT2D eigenvalue weighted by atomic mass is 32.2. The second kappa shape index (κ2) is 7.15. The third kappa shape index (κ3) is 4.02. The van der Waals surface area contributed by atoms with Crippen LogP contribution < -0.4 is 5.32 Å². The first kappa shape index (κ1) is 15.4. The van der Waals surface area contributed by atoms with E-state index in [9.17, 15) is 4.79 Å². The molecule has 1 N–H and O–H groups in total. The molecule has 0 bridgehead atoms. The van der Waals surface area contributed by atoms with E-state index in [1.54, 1.807) is 24.5 Å². The van der Waals surface area contributed by atoms with Crippen LogP contribution in [0, 0.1) is 0 Å². The van der Waals surface area contributed by atoms with E-state index in [2.05, 4.69) is 17.2 Å². The largest absolute Gasteiger partial charge is 0.465 e. The maximum absolute atomic E-state index is 11.9.